The van der Waals surface area contributed by atoms with Gasteiger partial charge in [0.2, 0.25) is 0 Å². The molecule has 0 radical (unpaired) electrons. The van der Waals surface area contributed by atoms with Gasteiger partial charge in [0.05, 0.1) is 18.2 Å². The van der Waals surface area contributed by atoms with E-state index in [9.17, 15) is 5.11 Å². The number of nitrogens with one attached hydrogen (secondary N) is 1. The summed E-state index contributed by atoms with van der Waals surface area (Å²) in [6, 6.07) is 0. The Labute approximate surface area is 99.0 Å². The van der Waals surface area contributed by atoms with Crippen LogP contribution in [0, 0.1) is 0 Å². The topological polar surface area (TPSA) is 44.7 Å². The first-order chi connectivity index (χ1) is 7.59. The van der Waals surface area contributed by atoms with Crippen LogP contribution >= 0.6 is 0 Å². The minimum absolute atomic E-state index is 0.163. The number of aliphatic hydroxyl groups is 1. The molecule has 1 heterocycles. The lowest BCUT2D eigenvalue weighted by molar-refractivity contribution is 0.0635. The molecule has 0 bridgehead atoms. The van der Waals surface area contributed by atoms with Crippen molar-refractivity contribution in [1.82, 2.24) is 10.2 Å². The molecule has 0 saturated carbocycles. The quantitative estimate of drug-likeness (QED) is 0.667. The summed E-state index contributed by atoms with van der Waals surface area (Å²) < 4.78 is 5.61. The molecule has 2 unspecified atom stereocenters. The summed E-state index contributed by atoms with van der Waals surface area (Å²) in [5.74, 6) is 0. The van der Waals surface area contributed by atoms with Crippen LogP contribution in [-0.4, -0.2) is 61.5 Å². The molecule has 1 aliphatic rings. The molecule has 0 aromatic carbocycles. The van der Waals surface area contributed by atoms with E-state index in [2.05, 4.69) is 31.1 Å². The van der Waals surface area contributed by atoms with Gasteiger partial charge in [0.25, 0.3) is 0 Å². The first-order valence-corrected chi connectivity index (χ1v) is 6.25. The van der Waals surface area contributed by atoms with E-state index in [1.807, 2.05) is 0 Å². The first-order valence-electron chi connectivity index (χ1n) is 6.25. The lowest BCUT2D eigenvalue weighted by Gasteiger charge is -2.33. The average molecular weight is 230 g/mol. The second-order valence-corrected chi connectivity index (χ2v) is 5.08. The van der Waals surface area contributed by atoms with Gasteiger partial charge in [0.15, 0.2) is 0 Å². The van der Waals surface area contributed by atoms with Gasteiger partial charge in [0.1, 0.15) is 0 Å². The van der Waals surface area contributed by atoms with Gasteiger partial charge in [-0.05, 0) is 33.4 Å². The zero-order chi connectivity index (χ0) is 12.0. The maximum atomic E-state index is 9.41. The second kappa shape index (κ2) is 6.55. The smallest absolute Gasteiger partial charge is 0.0702 e. The van der Waals surface area contributed by atoms with Crippen LogP contribution in [0.5, 0.6) is 0 Å². The summed E-state index contributed by atoms with van der Waals surface area (Å²) in [6.07, 6.45) is 2.74. The van der Waals surface area contributed by atoms with Crippen molar-refractivity contribution in [3.63, 3.8) is 0 Å². The van der Waals surface area contributed by atoms with Crippen molar-refractivity contribution in [2.45, 2.75) is 38.3 Å². The van der Waals surface area contributed by atoms with Crippen molar-refractivity contribution >= 4 is 0 Å². The van der Waals surface area contributed by atoms with Crippen molar-refractivity contribution in [2.24, 2.45) is 0 Å². The summed E-state index contributed by atoms with van der Waals surface area (Å²) in [5, 5.41) is 12.7. The Morgan fingerprint density at radius 2 is 2.31 bits per heavy atom. The predicted octanol–water partition coefficient (Wildman–Crippen LogP) is 0.458. The van der Waals surface area contributed by atoms with E-state index in [1.165, 1.54) is 12.8 Å². The van der Waals surface area contributed by atoms with Crippen LogP contribution in [-0.2, 0) is 4.74 Å². The van der Waals surface area contributed by atoms with Gasteiger partial charge in [-0.2, -0.15) is 0 Å². The third-order valence-corrected chi connectivity index (χ3v) is 3.11. The van der Waals surface area contributed by atoms with Crippen LogP contribution in [0.2, 0.25) is 0 Å². The van der Waals surface area contributed by atoms with Crippen LogP contribution in [0.1, 0.15) is 26.7 Å². The Kier molecular flexibility index (Phi) is 5.69. The van der Waals surface area contributed by atoms with E-state index in [0.29, 0.717) is 6.10 Å². The van der Waals surface area contributed by atoms with Gasteiger partial charge >= 0.3 is 0 Å². The molecule has 1 rings (SSSR count). The number of ether oxygens (including phenoxy) is 1. The summed E-state index contributed by atoms with van der Waals surface area (Å²) in [6.45, 7) is 7.87. The molecule has 0 aromatic rings. The Balaban J connectivity index is 2.32. The fourth-order valence-electron chi connectivity index (χ4n) is 2.38. The Bertz CT molecular complexity index is 195. The van der Waals surface area contributed by atoms with E-state index in [-0.39, 0.29) is 12.1 Å². The second-order valence-electron chi connectivity index (χ2n) is 5.08. The lowest BCUT2D eigenvalue weighted by Crippen LogP contribution is -2.54. The predicted molar refractivity (Wildman–Crippen MR) is 65.6 cm³/mol. The van der Waals surface area contributed by atoms with Gasteiger partial charge in [0, 0.05) is 19.7 Å². The van der Waals surface area contributed by atoms with E-state index in [1.54, 1.807) is 0 Å². The van der Waals surface area contributed by atoms with Gasteiger partial charge in [-0.1, -0.05) is 6.92 Å². The number of aliphatic hydroxyl groups excluding tert-OH is 1. The molecular formula is C12H26N2O2. The van der Waals surface area contributed by atoms with E-state index < -0.39 is 0 Å². The average Bonchev–Trinajstić information content (AvgIpc) is 2.70. The van der Waals surface area contributed by atoms with Crippen LogP contribution in [0.25, 0.3) is 0 Å². The molecule has 2 atom stereocenters. The van der Waals surface area contributed by atoms with Crippen LogP contribution in [0.15, 0.2) is 0 Å². The number of nitrogens with zero attached hydrogens (tertiary/aromatic N) is 1. The van der Waals surface area contributed by atoms with Gasteiger partial charge in [-0.3, -0.25) is 0 Å². The molecule has 16 heavy (non-hydrogen) atoms. The monoisotopic (exact) mass is 230 g/mol. The van der Waals surface area contributed by atoms with E-state index in [4.69, 9.17) is 4.74 Å². The van der Waals surface area contributed by atoms with Crippen molar-refractivity contribution in [2.75, 3.05) is 39.9 Å². The Morgan fingerprint density at radius 3 is 2.81 bits per heavy atom. The van der Waals surface area contributed by atoms with Crippen molar-refractivity contribution < 1.29 is 9.84 Å². The standard InChI is InChI=1S/C12H26N2O2/c1-4-13-12(2,10-15)9-14(3)8-11-6-5-7-16-11/h11,13,15H,4-10H2,1-3H3. The third kappa shape index (κ3) is 4.37. The summed E-state index contributed by atoms with van der Waals surface area (Å²) >= 11 is 0. The summed E-state index contributed by atoms with van der Waals surface area (Å²) in [5.41, 5.74) is -0.206. The minimum Gasteiger partial charge on any atom is -0.394 e. The molecule has 1 aliphatic heterocycles. The molecule has 4 heteroatoms. The Morgan fingerprint density at radius 1 is 1.56 bits per heavy atom. The van der Waals surface area contributed by atoms with Crippen molar-refractivity contribution in [3.8, 4) is 0 Å². The molecule has 2 N–H and O–H groups in total. The minimum atomic E-state index is -0.206. The SMILES string of the molecule is CCNC(C)(CO)CN(C)CC1CCCO1. The molecule has 0 spiro atoms. The van der Waals surface area contributed by atoms with Crippen molar-refractivity contribution in [1.29, 1.82) is 0 Å². The number of hydrogen-bond donors (Lipinski definition) is 2. The largest absolute Gasteiger partial charge is 0.394 e. The van der Waals surface area contributed by atoms with Crippen molar-refractivity contribution in [3.05, 3.63) is 0 Å². The molecule has 4 nitrogen and oxygen atoms in total. The fourth-order valence-corrected chi connectivity index (χ4v) is 2.38. The normalized spacial score (nSPS) is 24.9. The Hall–Kier alpha value is -0.160. The van der Waals surface area contributed by atoms with E-state index in [0.717, 1.165) is 26.2 Å². The maximum absolute atomic E-state index is 9.41. The van der Waals surface area contributed by atoms with Crippen LogP contribution in [0.3, 0.4) is 0 Å². The zero-order valence-electron chi connectivity index (χ0n) is 10.8. The molecule has 1 saturated heterocycles. The van der Waals surface area contributed by atoms with Gasteiger partial charge < -0.3 is 20.1 Å². The first kappa shape index (κ1) is 13.9. The molecule has 0 amide bonds. The number of hydrogen-bond acceptors (Lipinski definition) is 4. The highest BCUT2D eigenvalue weighted by atomic mass is 16.5. The van der Waals surface area contributed by atoms with Gasteiger partial charge in [-0.15, -0.1) is 0 Å². The summed E-state index contributed by atoms with van der Waals surface area (Å²) in [4.78, 5) is 2.24. The third-order valence-electron chi connectivity index (χ3n) is 3.11. The molecule has 0 aromatic heterocycles. The highest BCUT2D eigenvalue weighted by molar-refractivity contribution is 4.85. The maximum Gasteiger partial charge on any atom is 0.0702 e. The van der Waals surface area contributed by atoms with Gasteiger partial charge in [-0.25, -0.2) is 0 Å². The number of rotatable bonds is 7. The summed E-state index contributed by atoms with van der Waals surface area (Å²) in [7, 11) is 2.09. The molecular weight excluding hydrogens is 204 g/mol. The van der Waals surface area contributed by atoms with Crippen LogP contribution in [0.4, 0.5) is 0 Å². The molecule has 1 fully saturated rings. The highest BCUT2D eigenvalue weighted by Crippen LogP contribution is 2.14. The molecule has 96 valence electrons. The fraction of sp³-hybridized carbons (Fsp3) is 1.00. The lowest BCUT2D eigenvalue weighted by atomic mass is 10.0. The van der Waals surface area contributed by atoms with Crippen LogP contribution < -0.4 is 5.32 Å². The zero-order valence-corrected chi connectivity index (χ0v) is 10.8. The highest BCUT2D eigenvalue weighted by Gasteiger charge is 2.25. The number of likely N-dealkylation sites (N-methyl/N-ethyl adjacent to an activating group) is 2. The molecule has 0 aliphatic carbocycles. The van der Waals surface area contributed by atoms with E-state index >= 15 is 0 Å².